The van der Waals surface area contributed by atoms with Crippen LogP contribution in [0, 0.1) is 5.82 Å². The number of rotatable bonds is 7. The Bertz CT molecular complexity index is 1200. The second-order valence-corrected chi connectivity index (χ2v) is 8.15. The Balaban J connectivity index is 0.00000199. The maximum absolute atomic E-state index is 15.5. The van der Waals surface area contributed by atoms with Gasteiger partial charge in [0.25, 0.3) is 5.91 Å². The third kappa shape index (κ3) is 5.74. The number of nitrogens with one attached hydrogen (secondary N) is 1. The smallest absolute Gasteiger partial charge is 0.269 e. The van der Waals surface area contributed by atoms with Crippen molar-refractivity contribution >= 4 is 18.5 Å². The molecule has 1 aromatic heterocycles. The van der Waals surface area contributed by atoms with Gasteiger partial charge in [-0.15, -0.1) is 0 Å². The van der Waals surface area contributed by atoms with Gasteiger partial charge in [0.15, 0.2) is 0 Å². The second-order valence-electron chi connectivity index (χ2n) is 8.15. The standard InChI is InChI=1S/C23H24FN5O3.C2H6/c1-23(2,3)15-9-14(11-26-27-13-31)21(18(24)10-15)16-5-4-6-20(17(16)12-30)29-8-7-19(28-29)22(25)32;1-2/h4-11,13,30H,12H2,1-3H3,(H2,25,32)(H,27,31);1-2H3/b26-11-;. The molecule has 4 N–H and O–H groups in total. The molecule has 0 aliphatic heterocycles. The summed E-state index contributed by atoms with van der Waals surface area (Å²) in [4.78, 5) is 22.0. The van der Waals surface area contributed by atoms with Crippen LogP contribution in [0.25, 0.3) is 16.8 Å². The number of aliphatic hydroxyl groups is 1. The fourth-order valence-electron chi connectivity index (χ4n) is 3.36. The summed E-state index contributed by atoms with van der Waals surface area (Å²) < 4.78 is 16.9. The molecule has 0 fully saturated rings. The van der Waals surface area contributed by atoms with Gasteiger partial charge in [0.2, 0.25) is 6.41 Å². The molecule has 3 rings (SSSR count). The molecule has 9 heteroatoms. The molecule has 34 heavy (non-hydrogen) atoms. The van der Waals surface area contributed by atoms with Gasteiger partial charge in [-0.2, -0.15) is 10.2 Å². The predicted molar refractivity (Wildman–Crippen MR) is 130 cm³/mol. The first kappa shape index (κ1) is 26.4. The zero-order chi connectivity index (χ0) is 25.5. The van der Waals surface area contributed by atoms with Gasteiger partial charge in [0, 0.05) is 22.9 Å². The third-order valence-electron chi connectivity index (χ3n) is 4.98. The Labute approximate surface area is 198 Å². The van der Waals surface area contributed by atoms with E-state index < -0.39 is 18.3 Å². The first-order chi connectivity index (χ1) is 16.2. The number of hydrazone groups is 1. The summed E-state index contributed by atoms with van der Waals surface area (Å²) in [6.45, 7) is 9.46. The third-order valence-corrected chi connectivity index (χ3v) is 4.98. The Kier molecular flexibility index (Phi) is 8.80. The summed E-state index contributed by atoms with van der Waals surface area (Å²) in [5, 5.41) is 18.1. The molecular formula is C25H30FN5O3. The van der Waals surface area contributed by atoms with Crippen LogP contribution in [0.4, 0.5) is 4.39 Å². The number of aromatic nitrogens is 2. The van der Waals surface area contributed by atoms with Crippen molar-refractivity contribution in [3.05, 3.63) is 70.8 Å². The topological polar surface area (TPSA) is 123 Å². The van der Waals surface area contributed by atoms with E-state index in [1.54, 1.807) is 24.3 Å². The van der Waals surface area contributed by atoms with Gasteiger partial charge in [-0.3, -0.25) is 9.59 Å². The Hall–Kier alpha value is -3.85. The van der Waals surface area contributed by atoms with Crippen LogP contribution in [0.2, 0.25) is 0 Å². The van der Waals surface area contributed by atoms with Crippen LogP contribution in [0.15, 0.2) is 47.7 Å². The minimum absolute atomic E-state index is 0.0627. The van der Waals surface area contributed by atoms with Crippen LogP contribution in [0.5, 0.6) is 0 Å². The van der Waals surface area contributed by atoms with E-state index in [9.17, 15) is 14.7 Å². The van der Waals surface area contributed by atoms with Crippen molar-refractivity contribution in [2.24, 2.45) is 10.8 Å². The summed E-state index contributed by atoms with van der Waals surface area (Å²) in [6, 6.07) is 9.76. The number of nitrogens with two attached hydrogens (primary N) is 1. The largest absolute Gasteiger partial charge is 0.392 e. The fraction of sp³-hybridized carbons (Fsp3) is 0.280. The van der Waals surface area contributed by atoms with Crippen LogP contribution in [0.1, 0.15) is 61.8 Å². The molecule has 180 valence electrons. The number of hydrogen-bond acceptors (Lipinski definition) is 5. The van der Waals surface area contributed by atoms with Crippen molar-refractivity contribution in [3.8, 4) is 16.8 Å². The van der Waals surface area contributed by atoms with E-state index in [1.807, 2.05) is 34.6 Å². The van der Waals surface area contributed by atoms with Crippen LogP contribution in [0.3, 0.4) is 0 Å². The lowest BCUT2D eigenvalue weighted by Crippen LogP contribution is -2.14. The number of benzene rings is 2. The Morgan fingerprint density at radius 2 is 1.97 bits per heavy atom. The highest BCUT2D eigenvalue weighted by molar-refractivity contribution is 5.93. The molecule has 0 radical (unpaired) electrons. The van der Waals surface area contributed by atoms with Gasteiger partial charge in [-0.25, -0.2) is 14.5 Å². The number of primary amides is 1. The van der Waals surface area contributed by atoms with Gasteiger partial charge in [0.1, 0.15) is 11.5 Å². The van der Waals surface area contributed by atoms with Gasteiger partial charge >= 0.3 is 0 Å². The van der Waals surface area contributed by atoms with E-state index in [2.05, 4.69) is 15.6 Å². The van der Waals surface area contributed by atoms with Gasteiger partial charge in [0.05, 0.1) is 18.5 Å². The summed E-state index contributed by atoms with van der Waals surface area (Å²) in [6.07, 6.45) is 3.30. The highest BCUT2D eigenvalue weighted by Crippen LogP contribution is 2.35. The molecule has 0 unspecified atom stereocenters. The van der Waals surface area contributed by atoms with Crippen molar-refractivity contribution in [2.75, 3.05) is 0 Å². The maximum atomic E-state index is 15.5. The van der Waals surface area contributed by atoms with Crippen molar-refractivity contribution < 1.29 is 19.1 Å². The molecule has 0 spiro atoms. The highest BCUT2D eigenvalue weighted by Gasteiger charge is 2.22. The number of amides is 2. The number of carbonyl (C=O) groups excluding carboxylic acids is 2. The molecule has 0 aliphatic rings. The van der Waals surface area contributed by atoms with Gasteiger partial charge in [-0.1, -0.05) is 46.8 Å². The quantitative estimate of drug-likeness (QED) is 0.279. The van der Waals surface area contributed by atoms with E-state index in [0.29, 0.717) is 28.8 Å². The van der Waals surface area contributed by atoms with Crippen molar-refractivity contribution in [1.82, 2.24) is 15.2 Å². The Morgan fingerprint density at radius 3 is 2.53 bits per heavy atom. The van der Waals surface area contributed by atoms with E-state index in [-0.39, 0.29) is 16.7 Å². The minimum atomic E-state index is -0.685. The van der Waals surface area contributed by atoms with Gasteiger partial charge < -0.3 is 10.8 Å². The SMILES string of the molecule is CC.CC(C)(C)c1cc(F)c(-c2cccc(-n3ccc(C(N)=O)n3)c2CO)c(/C=N\NC=O)c1. The fourth-order valence-corrected chi connectivity index (χ4v) is 3.36. The predicted octanol–water partition coefficient (Wildman–Crippen LogP) is 3.67. The monoisotopic (exact) mass is 467 g/mol. The molecule has 0 atom stereocenters. The lowest BCUT2D eigenvalue weighted by atomic mass is 9.83. The molecule has 0 saturated heterocycles. The average Bonchev–Trinajstić information content (AvgIpc) is 3.30. The first-order valence-corrected chi connectivity index (χ1v) is 10.8. The van der Waals surface area contributed by atoms with Crippen LogP contribution in [-0.4, -0.2) is 33.4 Å². The molecule has 0 saturated carbocycles. The normalized spacial score (nSPS) is 11.1. The van der Waals surface area contributed by atoms with Crippen molar-refractivity contribution in [3.63, 3.8) is 0 Å². The molecule has 1 heterocycles. The first-order valence-electron chi connectivity index (χ1n) is 10.8. The lowest BCUT2D eigenvalue weighted by molar-refractivity contribution is -0.109. The molecule has 2 aromatic carbocycles. The summed E-state index contributed by atoms with van der Waals surface area (Å²) in [5.74, 6) is -1.19. The Morgan fingerprint density at radius 1 is 1.26 bits per heavy atom. The second kappa shape index (κ2) is 11.3. The number of hydrogen-bond donors (Lipinski definition) is 3. The lowest BCUT2D eigenvalue weighted by Gasteiger charge is -2.22. The van der Waals surface area contributed by atoms with Crippen LogP contribution in [-0.2, 0) is 16.8 Å². The summed E-state index contributed by atoms with van der Waals surface area (Å²) in [5.41, 5.74) is 9.87. The van der Waals surface area contributed by atoms with E-state index in [1.165, 1.54) is 29.2 Å². The number of nitrogens with zero attached hydrogens (tertiary/aromatic N) is 3. The molecule has 0 bridgehead atoms. The zero-order valence-electron chi connectivity index (χ0n) is 20.0. The molecule has 2 amide bonds. The minimum Gasteiger partial charge on any atom is -0.392 e. The summed E-state index contributed by atoms with van der Waals surface area (Å²) >= 11 is 0. The van der Waals surface area contributed by atoms with E-state index in [0.717, 1.165) is 5.56 Å². The number of aliphatic hydroxyl groups excluding tert-OH is 1. The number of carbonyl (C=O) groups is 2. The zero-order valence-corrected chi connectivity index (χ0v) is 20.0. The van der Waals surface area contributed by atoms with Crippen LogP contribution >= 0.6 is 0 Å². The van der Waals surface area contributed by atoms with E-state index >= 15 is 4.39 Å². The van der Waals surface area contributed by atoms with Gasteiger partial charge in [-0.05, 0) is 40.8 Å². The molecule has 8 nitrogen and oxygen atoms in total. The van der Waals surface area contributed by atoms with Crippen LogP contribution < -0.4 is 11.2 Å². The maximum Gasteiger partial charge on any atom is 0.269 e. The molecule has 3 aromatic rings. The number of halogens is 1. The average molecular weight is 468 g/mol. The van der Waals surface area contributed by atoms with Crippen molar-refractivity contribution in [1.29, 1.82) is 0 Å². The highest BCUT2D eigenvalue weighted by atomic mass is 19.1. The molecule has 0 aliphatic carbocycles. The molecular weight excluding hydrogens is 437 g/mol. The summed E-state index contributed by atoms with van der Waals surface area (Å²) in [7, 11) is 0. The van der Waals surface area contributed by atoms with Crippen molar-refractivity contribution in [2.45, 2.75) is 46.6 Å². The van der Waals surface area contributed by atoms with E-state index in [4.69, 9.17) is 5.73 Å².